The Hall–Kier alpha value is -2.68. The Morgan fingerprint density at radius 2 is 2.21 bits per heavy atom. The highest BCUT2D eigenvalue weighted by Gasteiger charge is 2.24. The van der Waals surface area contributed by atoms with Crippen LogP contribution < -0.4 is 10.2 Å². The van der Waals surface area contributed by atoms with Crippen molar-refractivity contribution in [1.29, 1.82) is 0 Å². The maximum Gasteiger partial charge on any atom is 0.289 e. The summed E-state index contributed by atoms with van der Waals surface area (Å²) in [4.78, 5) is 20.6. The summed E-state index contributed by atoms with van der Waals surface area (Å²) in [6.45, 7) is 3.77. The Balaban J connectivity index is 1.56. The first-order valence-corrected chi connectivity index (χ1v) is 7.78. The maximum absolute atomic E-state index is 12.3. The fourth-order valence-corrected chi connectivity index (χ4v) is 2.48. The summed E-state index contributed by atoms with van der Waals surface area (Å²) < 4.78 is 10.1. The van der Waals surface area contributed by atoms with Crippen LogP contribution in [0.25, 0.3) is 0 Å². The molecule has 1 aliphatic heterocycles. The molecule has 0 aliphatic carbocycles. The summed E-state index contributed by atoms with van der Waals surface area (Å²) in [5, 5.41) is 11.0. The van der Waals surface area contributed by atoms with E-state index < -0.39 is 0 Å². The fraction of sp³-hybridized carbons (Fsp3) is 0.467. The van der Waals surface area contributed by atoms with Crippen LogP contribution in [0.15, 0.2) is 29.0 Å². The number of carbonyl (C=O) groups is 1. The highest BCUT2D eigenvalue weighted by molar-refractivity contribution is 5.91. The van der Waals surface area contributed by atoms with E-state index in [0.29, 0.717) is 51.0 Å². The Kier molecular flexibility index (Phi) is 5.22. The lowest BCUT2D eigenvalue weighted by atomic mass is 10.3. The van der Waals surface area contributed by atoms with Crippen LogP contribution in [0.5, 0.6) is 0 Å². The molecule has 1 saturated heterocycles. The molecule has 9 nitrogen and oxygen atoms in total. The molecule has 0 atom stereocenters. The van der Waals surface area contributed by atoms with Gasteiger partial charge in [0, 0.05) is 39.8 Å². The van der Waals surface area contributed by atoms with Crippen molar-refractivity contribution in [2.45, 2.75) is 0 Å². The molecule has 1 aliphatic rings. The second-order valence-electron chi connectivity index (χ2n) is 5.31. The standard InChI is InChI=1S/C15H20N6O3/c1-23-10-4-16-15-18-13(11-17-19-15)20-5-7-21(8-6-20)14(22)12-3-2-9-24-12/h2-3,9,11H,4-8,10H2,1H3,(H,16,18,19). The molecule has 3 heterocycles. The summed E-state index contributed by atoms with van der Waals surface area (Å²) in [7, 11) is 1.64. The number of methoxy groups -OCH3 is 1. The number of hydrogen-bond donors (Lipinski definition) is 1. The number of anilines is 2. The molecule has 0 radical (unpaired) electrons. The molecule has 24 heavy (non-hydrogen) atoms. The van der Waals surface area contributed by atoms with E-state index in [0.717, 1.165) is 5.82 Å². The van der Waals surface area contributed by atoms with E-state index in [1.807, 2.05) is 0 Å². The van der Waals surface area contributed by atoms with Gasteiger partial charge in [-0.3, -0.25) is 4.79 Å². The summed E-state index contributed by atoms with van der Waals surface area (Å²) in [6, 6.07) is 3.40. The zero-order valence-corrected chi connectivity index (χ0v) is 13.5. The summed E-state index contributed by atoms with van der Waals surface area (Å²) >= 11 is 0. The quantitative estimate of drug-likeness (QED) is 0.763. The van der Waals surface area contributed by atoms with Crippen LogP contribution in [-0.2, 0) is 4.74 Å². The fourth-order valence-electron chi connectivity index (χ4n) is 2.48. The van der Waals surface area contributed by atoms with E-state index in [1.54, 1.807) is 30.3 Å². The molecule has 3 rings (SSSR count). The third kappa shape index (κ3) is 3.80. The zero-order valence-electron chi connectivity index (χ0n) is 13.5. The summed E-state index contributed by atoms with van der Waals surface area (Å²) in [5.74, 6) is 1.51. The van der Waals surface area contributed by atoms with Crippen LogP contribution in [0.2, 0.25) is 0 Å². The number of amides is 1. The Bertz CT molecular complexity index is 655. The number of nitrogens with zero attached hydrogens (tertiary/aromatic N) is 5. The molecule has 1 fully saturated rings. The average Bonchev–Trinajstić information content (AvgIpc) is 3.16. The lowest BCUT2D eigenvalue weighted by molar-refractivity contribution is 0.0714. The SMILES string of the molecule is COCCNc1nncc(N2CCN(C(=O)c3ccco3)CC2)n1. The number of ether oxygens (including phenoxy) is 1. The Morgan fingerprint density at radius 1 is 1.38 bits per heavy atom. The molecule has 0 aromatic carbocycles. The van der Waals surface area contributed by atoms with Gasteiger partial charge in [0.2, 0.25) is 5.95 Å². The van der Waals surface area contributed by atoms with Gasteiger partial charge < -0.3 is 24.3 Å². The highest BCUT2D eigenvalue weighted by atomic mass is 16.5. The van der Waals surface area contributed by atoms with Crippen molar-refractivity contribution in [2.75, 3.05) is 56.7 Å². The van der Waals surface area contributed by atoms with Crippen LogP contribution >= 0.6 is 0 Å². The number of nitrogens with one attached hydrogen (secondary N) is 1. The van der Waals surface area contributed by atoms with Crippen LogP contribution in [0.3, 0.4) is 0 Å². The van der Waals surface area contributed by atoms with Gasteiger partial charge in [0.15, 0.2) is 11.6 Å². The predicted molar refractivity (Wildman–Crippen MR) is 87.0 cm³/mol. The van der Waals surface area contributed by atoms with Crippen molar-refractivity contribution in [3.05, 3.63) is 30.4 Å². The van der Waals surface area contributed by atoms with Crippen molar-refractivity contribution >= 4 is 17.7 Å². The van der Waals surface area contributed by atoms with E-state index in [1.165, 1.54) is 6.26 Å². The van der Waals surface area contributed by atoms with E-state index in [9.17, 15) is 4.79 Å². The maximum atomic E-state index is 12.3. The van der Waals surface area contributed by atoms with Crippen LogP contribution in [0.1, 0.15) is 10.6 Å². The Morgan fingerprint density at radius 3 is 2.92 bits per heavy atom. The van der Waals surface area contributed by atoms with Gasteiger partial charge in [-0.25, -0.2) is 0 Å². The summed E-state index contributed by atoms with van der Waals surface area (Å²) in [5.41, 5.74) is 0. The van der Waals surface area contributed by atoms with Crippen LogP contribution in [-0.4, -0.2) is 72.4 Å². The van der Waals surface area contributed by atoms with Crippen molar-refractivity contribution < 1.29 is 13.9 Å². The van der Waals surface area contributed by atoms with Gasteiger partial charge in [-0.05, 0) is 12.1 Å². The lowest BCUT2D eigenvalue weighted by Gasteiger charge is -2.34. The normalized spacial score (nSPS) is 14.7. The molecule has 1 N–H and O–H groups in total. The minimum absolute atomic E-state index is 0.0811. The minimum Gasteiger partial charge on any atom is -0.459 e. The second kappa shape index (κ2) is 7.73. The topological polar surface area (TPSA) is 96.6 Å². The van der Waals surface area contributed by atoms with Gasteiger partial charge in [0.05, 0.1) is 19.1 Å². The number of rotatable bonds is 6. The molecule has 0 spiro atoms. The van der Waals surface area contributed by atoms with Crippen LogP contribution in [0, 0.1) is 0 Å². The van der Waals surface area contributed by atoms with Crippen molar-refractivity contribution in [2.24, 2.45) is 0 Å². The molecule has 9 heteroatoms. The van der Waals surface area contributed by atoms with Crippen molar-refractivity contribution in [3.63, 3.8) is 0 Å². The van der Waals surface area contributed by atoms with E-state index in [-0.39, 0.29) is 5.91 Å². The molecule has 0 saturated carbocycles. The third-order valence-electron chi connectivity index (χ3n) is 3.76. The Labute approximate surface area is 139 Å². The van der Waals surface area contributed by atoms with E-state index >= 15 is 0 Å². The first kappa shape index (κ1) is 16.2. The highest BCUT2D eigenvalue weighted by Crippen LogP contribution is 2.15. The van der Waals surface area contributed by atoms with Crippen molar-refractivity contribution in [1.82, 2.24) is 20.1 Å². The molecule has 2 aromatic rings. The van der Waals surface area contributed by atoms with Gasteiger partial charge in [-0.2, -0.15) is 10.1 Å². The molecule has 0 bridgehead atoms. The number of carbonyl (C=O) groups excluding carboxylic acids is 1. The molecule has 2 aromatic heterocycles. The molecule has 1 amide bonds. The zero-order chi connectivity index (χ0) is 16.8. The monoisotopic (exact) mass is 332 g/mol. The molecule has 128 valence electrons. The van der Waals surface area contributed by atoms with Gasteiger partial charge in [0.25, 0.3) is 5.91 Å². The van der Waals surface area contributed by atoms with Gasteiger partial charge in [-0.1, -0.05) is 0 Å². The number of aromatic nitrogens is 3. The first-order valence-electron chi connectivity index (χ1n) is 7.78. The molecular weight excluding hydrogens is 312 g/mol. The average molecular weight is 332 g/mol. The van der Waals surface area contributed by atoms with Crippen LogP contribution in [0.4, 0.5) is 11.8 Å². The smallest absolute Gasteiger partial charge is 0.289 e. The van der Waals surface area contributed by atoms with Crippen molar-refractivity contribution in [3.8, 4) is 0 Å². The summed E-state index contributed by atoms with van der Waals surface area (Å²) in [6.07, 6.45) is 3.14. The third-order valence-corrected chi connectivity index (χ3v) is 3.76. The predicted octanol–water partition coefficient (Wildman–Crippen LogP) is 0.485. The van der Waals surface area contributed by atoms with Gasteiger partial charge in [-0.15, -0.1) is 5.10 Å². The molecular formula is C15H20N6O3. The van der Waals surface area contributed by atoms with Gasteiger partial charge >= 0.3 is 0 Å². The lowest BCUT2D eigenvalue weighted by Crippen LogP contribution is -2.49. The van der Waals surface area contributed by atoms with E-state index in [4.69, 9.17) is 9.15 Å². The number of hydrogen-bond acceptors (Lipinski definition) is 8. The first-order chi connectivity index (χ1) is 11.8. The number of furan rings is 1. The van der Waals surface area contributed by atoms with E-state index in [2.05, 4.69) is 25.4 Å². The number of piperazine rings is 1. The minimum atomic E-state index is -0.0811. The second-order valence-corrected chi connectivity index (χ2v) is 5.31. The largest absolute Gasteiger partial charge is 0.459 e. The molecule has 0 unspecified atom stereocenters. The van der Waals surface area contributed by atoms with Gasteiger partial charge in [0.1, 0.15) is 0 Å².